The zero-order valence-corrected chi connectivity index (χ0v) is 18.2. The molecule has 0 atom stereocenters. The molecule has 3 aromatic rings. The summed E-state index contributed by atoms with van der Waals surface area (Å²) in [6.07, 6.45) is 3.85. The monoisotopic (exact) mass is 454 g/mol. The van der Waals surface area contributed by atoms with Gasteiger partial charge < -0.3 is 9.73 Å². The van der Waals surface area contributed by atoms with Crippen molar-refractivity contribution in [3.63, 3.8) is 0 Å². The molecule has 0 unspecified atom stereocenters. The first-order valence-electron chi connectivity index (χ1n) is 10.5. The maximum absolute atomic E-state index is 13.1. The number of aromatic nitrogens is 1. The number of nitriles is 1. The van der Waals surface area contributed by atoms with Crippen molar-refractivity contribution in [2.45, 2.75) is 37.1 Å². The number of sulfonamides is 1. The van der Waals surface area contributed by atoms with E-state index in [0.29, 0.717) is 25.2 Å². The molecule has 166 valence electrons. The smallest absolute Gasteiger partial charge is 0.243 e. The molecule has 4 rings (SSSR count). The lowest BCUT2D eigenvalue weighted by atomic mass is 10.2. The van der Waals surface area contributed by atoms with Crippen LogP contribution in [-0.4, -0.2) is 30.8 Å². The Morgan fingerprint density at radius 2 is 1.69 bits per heavy atom. The minimum Gasteiger partial charge on any atom is -0.419 e. The van der Waals surface area contributed by atoms with Gasteiger partial charge in [-0.05, 0) is 54.8 Å². The third-order valence-corrected chi connectivity index (χ3v) is 7.32. The Bertz CT molecular complexity index is 1210. The molecule has 0 spiro atoms. The van der Waals surface area contributed by atoms with Crippen molar-refractivity contribution in [2.24, 2.45) is 0 Å². The summed E-state index contributed by atoms with van der Waals surface area (Å²) in [4.78, 5) is 4.44. The van der Waals surface area contributed by atoms with E-state index in [-0.39, 0.29) is 28.2 Å². The summed E-state index contributed by atoms with van der Waals surface area (Å²) >= 11 is 0. The molecule has 0 aliphatic carbocycles. The first-order chi connectivity index (χ1) is 15.5. The SMILES string of the molecule is N#Cc1nc(-c2ccc(S(=O)(=O)N3CCCCCC3)cc2)oc1NCc1ccc(F)cc1. The maximum atomic E-state index is 13.1. The molecule has 2 aromatic carbocycles. The van der Waals surface area contributed by atoms with Crippen LogP contribution in [-0.2, 0) is 16.6 Å². The van der Waals surface area contributed by atoms with Crippen LogP contribution in [0, 0.1) is 17.1 Å². The van der Waals surface area contributed by atoms with Crippen LogP contribution in [0.4, 0.5) is 10.3 Å². The number of halogens is 1. The second-order valence-corrected chi connectivity index (χ2v) is 9.57. The maximum Gasteiger partial charge on any atom is 0.243 e. The highest BCUT2D eigenvalue weighted by molar-refractivity contribution is 7.89. The Labute approximate surface area is 186 Å². The Morgan fingerprint density at radius 1 is 1.03 bits per heavy atom. The van der Waals surface area contributed by atoms with Crippen molar-refractivity contribution >= 4 is 15.9 Å². The third kappa shape index (κ3) is 4.82. The number of nitrogens with one attached hydrogen (secondary N) is 1. The van der Waals surface area contributed by atoms with Crippen LogP contribution in [0.15, 0.2) is 57.8 Å². The van der Waals surface area contributed by atoms with Crippen LogP contribution in [0.25, 0.3) is 11.5 Å². The first-order valence-corrected chi connectivity index (χ1v) is 11.9. The fraction of sp³-hybridized carbons (Fsp3) is 0.304. The minimum absolute atomic E-state index is 0.0865. The van der Waals surface area contributed by atoms with E-state index in [1.54, 1.807) is 28.6 Å². The van der Waals surface area contributed by atoms with E-state index in [1.165, 1.54) is 24.3 Å². The highest BCUT2D eigenvalue weighted by atomic mass is 32.2. The first kappa shape index (κ1) is 22.0. The van der Waals surface area contributed by atoms with Gasteiger partial charge in [-0.2, -0.15) is 14.6 Å². The van der Waals surface area contributed by atoms with Gasteiger partial charge in [0, 0.05) is 25.2 Å². The molecule has 0 amide bonds. The van der Waals surface area contributed by atoms with Gasteiger partial charge in [0.15, 0.2) is 0 Å². The fourth-order valence-corrected chi connectivity index (χ4v) is 5.14. The van der Waals surface area contributed by atoms with E-state index >= 15 is 0 Å². The molecule has 0 saturated carbocycles. The molecular formula is C23H23FN4O3S. The summed E-state index contributed by atoms with van der Waals surface area (Å²) in [6.45, 7) is 1.41. The van der Waals surface area contributed by atoms with E-state index in [0.717, 1.165) is 31.2 Å². The number of rotatable bonds is 6. The van der Waals surface area contributed by atoms with E-state index < -0.39 is 10.0 Å². The zero-order valence-electron chi connectivity index (χ0n) is 17.4. The number of hydrogen-bond donors (Lipinski definition) is 1. The molecule has 1 aliphatic heterocycles. The summed E-state index contributed by atoms with van der Waals surface area (Å²) in [5.74, 6) is 0.0877. The second kappa shape index (κ2) is 9.51. The number of anilines is 1. The molecule has 32 heavy (non-hydrogen) atoms. The van der Waals surface area contributed by atoms with Crippen molar-refractivity contribution in [3.8, 4) is 17.5 Å². The number of benzene rings is 2. The van der Waals surface area contributed by atoms with Gasteiger partial charge in [0.25, 0.3) is 0 Å². The Kier molecular flexibility index (Phi) is 6.53. The summed E-state index contributed by atoms with van der Waals surface area (Å²) in [5, 5.41) is 12.4. The van der Waals surface area contributed by atoms with Gasteiger partial charge in [-0.25, -0.2) is 12.8 Å². The highest BCUT2D eigenvalue weighted by Crippen LogP contribution is 2.28. The van der Waals surface area contributed by atoms with Crippen molar-refractivity contribution in [1.82, 2.24) is 9.29 Å². The second-order valence-electron chi connectivity index (χ2n) is 7.63. The van der Waals surface area contributed by atoms with Crippen LogP contribution in [0.3, 0.4) is 0 Å². The van der Waals surface area contributed by atoms with Gasteiger partial charge in [0.1, 0.15) is 11.9 Å². The largest absolute Gasteiger partial charge is 0.419 e. The van der Waals surface area contributed by atoms with Gasteiger partial charge in [0.2, 0.25) is 27.5 Å². The van der Waals surface area contributed by atoms with E-state index in [9.17, 15) is 18.1 Å². The number of nitrogens with zero attached hydrogens (tertiary/aromatic N) is 3. The van der Waals surface area contributed by atoms with Crippen molar-refractivity contribution in [1.29, 1.82) is 5.26 Å². The fourth-order valence-electron chi connectivity index (χ4n) is 3.62. The standard InChI is InChI=1S/C23H23FN4O3S/c24-19-9-5-17(6-10-19)16-26-23-21(15-25)27-22(31-23)18-7-11-20(12-8-18)32(29,30)28-13-3-1-2-4-14-28/h5-12,26H,1-4,13-14,16H2. The molecule has 1 fully saturated rings. The third-order valence-electron chi connectivity index (χ3n) is 5.40. The van der Waals surface area contributed by atoms with Crippen molar-refractivity contribution in [2.75, 3.05) is 18.4 Å². The quantitative estimate of drug-likeness (QED) is 0.588. The number of oxazole rings is 1. The molecule has 1 aromatic heterocycles. The van der Waals surface area contributed by atoms with Gasteiger partial charge in [-0.1, -0.05) is 25.0 Å². The lowest BCUT2D eigenvalue weighted by molar-refractivity contribution is 0.423. The van der Waals surface area contributed by atoms with Gasteiger partial charge in [-0.3, -0.25) is 0 Å². The topological polar surface area (TPSA) is 99.2 Å². The van der Waals surface area contributed by atoms with Crippen LogP contribution in [0.5, 0.6) is 0 Å². The van der Waals surface area contributed by atoms with Gasteiger partial charge in [-0.15, -0.1) is 0 Å². The molecule has 1 aliphatic rings. The molecule has 2 heterocycles. The molecule has 0 bridgehead atoms. The minimum atomic E-state index is -3.54. The molecule has 1 saturated heterocycles. The molecule has 1 N–H and O–H groups in total. The van der Waals surface area contributed by atoms with Crippen LogP contribution < -0.4 is 5.32 Å². The van der Waals surface area contributed by atoms with Crippen LogP contribution in [0.2, 0.25) is 0 Å². The van der Waals surface area contributed by atoms with E-state index in [4.69, 9.17) is 4.42 Å². The molecule has 7 nitrogen and oxygen atoms in total. The molecule has 9 heteroatoms. The van der Waals surface area contributed by atoms with E-state index in [2.05, 4.69) is 10.3 Å². The highest BCUT2D eigenvalue weighted by Gasteiger charge is 2.25. The van der Waals surface area contributed by atoms with Crippen LogP contribution in [0.1, 0.15) is 36.9 Å². The zero-order chi connectivity index (χ0) is 22.6. The summed E-state index contributed by atoms with van der Waals surface area (Å²) in [6, 6.07) is 14.3. The van der Waals surface area contributed by atoms with Gasteiger partial charge in [0.05, 0.1) is 4.90 Å². The van der Waals surface area contributed by atoms with E-state index in [1.807, 2.05) is 6.07 Å². The van der Waals surface area contributed by atoms with Crippen molar-refractivity contribution in [3.05, 3.63) is 65.6 Å². The predicted molar refractivity (Wildman–Crippen MR) is 118 cm³/mol. The number of hydrogen-bond acceptors (Lipinski definition) is 6. The summed E-state index contributed by atoms with van der Waals surface area (Å²) in [5.41, 5.74) is 1.46. The lowest BCUT2D eigenvalue weighted by Crippen LogP contribution is -2.31. The van der Waals surface area contributed by atoms with Gasteiger partial charge >= 0.3 is 0 Å². The van der Waals surface area contributed by atoms with Crippen LogP contribution >= 0.6 is 0 Å². The molecule has 0 radical (unpaired) electrons. The average molecular weight is 455 g/mol. The average Bonchev–Trinajstić information content (AvgIpc) is 3.01. The summed E-state index contributed by atoms with van der Waals surface area (Å²) in [7, 11) is -3.54. The summed E-state index contributed by atoms with van der Waals surface area (Å²) < 4.78 is 46.2. The van der Waals surface area contributed by atoms with Crippen molar-refractivity contribution < 1.29 is 17.2 Å². The predicted octanol–water partition coefficient (Wildman–Crippen LogP) is 4.53. The molecular weight excluding hydrogens is 431 g/mol. The Hall–Kier alpha value is -3.22. The lowest BCUT2D eigenvalue weighted by Gasteiger charge is -2.19. The Morgan fingerprint density at radius 3 is 2.31 bits per heavy atom. The normalized spacial score (nSPS) is 15.1. The Balaban J connectivity index is 1.51.